The largest absolute Gasteiger partial charge is 0.467 e. The number of nitrogens with zero attached hydrogens (tertiary/aromatic N) is 3. The molecule has 3 aromatic rings. The van der Waals surface area contributed by atoms with Crippen LogP contribution >= 0.6 is 0 Å². The van der Waals surface area contributed by atoms with Gasteiger partial charge in [-0.1, -0.05) is 30.3 Å². The van der Waals surface area contributed by atoms with Gasteiger partial charge in [0.25, 0.3) is 5.91 Å². The molecule has 0 bridgehead atoms. The van der Waals surface area contributed by atoms with Crippen LogP contribution in [0.5, 0.6) is 0 Å². The SMILES string of the molecule is O=C(CN(CCCN1CCOCC1)C(=O)c1ccc(F)cc1)N(Cc1ccccc1)Cc1ccco1. The number of benzene rings is 2. The van der Waals surface area contributed by atoms with Crippen molar-refractivity contribution >= 4 is 11.8 Å². The van der Waals surface area contributed by atoms with Gasteiger partial charge in [0.15, 0.2) is 0 Å². The molecule has 0 N–H and O–H groups in total. The molecule has 2 heterocycles. The number of morpholine rings is 1. The zero-order valence-corrected chi connectivity index (χ0v) is 20.4. The van der Waals surface area contributed by atoms with E-state index in [0.717, 1.165) is 31.6 Å². The average Bonchev–Trinajstić information content (AvgIpc) is 3.42. The maximum absolute atomic E-state index is 13.5. The minimum Gasteiger partial charge on any atom is -0.467 e. The fraction of sp³-hybridized carbons (Fsp3) is 0.357. The monoisotopic (exact) mass is 493 g/mol. The zero-order chi connectivity index (χ0) is 25.2. The second kappa shape index (κ2) is 13.0. The molecule has 1 aromatic heterocycles. The van der Waals surface area contributed by atoms with Gasteiger partial charge in [-0.15, -0.1) is 0 Å². The molecule has 36 heavy (non-hydrogen) atoms. The van der Waals surface area contributed by atoms with Crippen LogP contribution in [0, 0.1) is 5.82 Å². The number of hydrogen-bond donors (Lipinski definition) is 0. The Morgan fingerprint density at radius 2 is 1.64 bits per heavy atom. The lowest BCUT2D eigenvalue weighted by Crippen LogP contribution is -2.44. The minimum atomic E-state index is -0.408. The van der Waals surface area contributed by atoms with Crippen LogP contribution in [-0.2, 0) is 22.6 Å². The van der Waals surface area contributed by atoms with Gasteiger partial charge in [-0.2, -0.15) is 0 Å². The van der Waals surface area contributed by atoms with Gasteiger partial charge in [-0.3, -0.25) is 14.5 Å². The van der Waals surface area contributed by atoms with Gasteiger partial charge in [-0.25, -0.2) is 4.39 Å². The molecular formula is C28H32FN3O4. The Morgan fingerprint density at radius 1 is 0.889 bits per heavy atom. The van der Waals surface area contributed by atoms with Crippen molar-refractivity contribution in [1.29, 1.82) is 0 Å². The van der Waals surface area contributed by atoms with Crippen LogP contribution in [0.3, 0.4) is 0 Å². The number of rotatable bonds is 11. The van der Waals surface area contributed by atoms with E-state index < -0.39 is 5.82 Å². The Kier molecular flexibility index (Phi) is 9.24. The molecule has 2 amide bonds. The molecule has 4 rings (SSSR count). The molecule has 0 aliphatic carbocycles. The summed E-state index contributed by atoms with van der Waals surface area (Å²) in [4.78, 5) is 32.5. The number of carbonyl (C=O) groups excluding carboxylic acids is 2. The number of ether oxygens (including phenoxy) is 1. The minimum absolute atomic E-state index is 0.0765. The number of amides is 2. The first kappa shape index (κ1) is 25.6. The second-order valence-corrected chi connectivity index (χ2v) is 8.86. The van der Waals surface area contributed by atoms with Crippen LogP contribution in [0.25, 0.3) is 0 Å². The normalized spacial score (nSPS) is 13.9. The van der Waals surface area contributed by atoms with Crippen molar-refractivity contribution in [1.82, 2.24) is 14.7 Å². The highest BCUT2D eigenvalue weighted by Crippen LogP contribution is 2.14. The van der Waals surface area contributed by atoms with Gasteiger partial charge < -0.3 is 19.0 Å². The van der Waals surface area contributed by atoms with E-state index in [9.17, 15) is 14.0 Å². The lowest BCUT2D eigenvalue weighted by Gasteiger charge is -2.30. The van der Waals surface area contributed by atoms with Gasteiger partial charge >= 0.3 is 0 Å². The maximum atomic E-state index is 13.5. The highest BCUT2D eigenvalue weighted by atomic mass is 19.1. The molecule has 7 nitrogen and oxygen atoms in total. The Bertz CT molecular complexity index is 1080. The van der Waals surface area contributed by atoms with Gasteiger partial charge in [0.2, 0.25) is 5.91 Å². The van der Waals surface area contributed by atoms with E-state index in [0.29, 0.717) is 44.2 Å². The van der Waals surface area contributed by atoms with Crippen LogP contribution in [-0.4, -0.2) is 72.5 Å². The standard InChI is InChI=1S/C28H32FN3O4/c29-25-11-9-24(10-12-25)28(34)31(14-5-13-30-15-18-35-19-16-30)22-27(33)32(21-26-8-4-17-36-26)20-23-6-2-1-3-7-23/h1-4,6-12,17H,5,13-16,18-22H2. The molecule has 8 heteroatoms. The summed E-state index contributed by atoms with van der Waals surface area (Å²) in [7, 11) is 0. The quantitative estimate of drug-likeness (QED) is 0.406. The number of carbonyl (C=O) groups is 2. The third-order valence-electron chi connectivity index (χ3n) is 6.21. The van der Waals surface area contributed by atoms with Crippen molar-refractivity contribution in [3.05, 3.63) is 95.7 Å². The van der Waals surface area contributed by atoms with Crippen molar-refractivity contribution in [2.75, 3.05) is 45.9 Å². The molecule has 0 spiro atoms. The summed E-state index contributed by atoms with van der Waals surface area (Å²) in [5.41, 5.74) is 1.34. The third kappa shape index (κ3) is 7.50. The Hall–Kier alpha value is -3.49. The summed E-state index contributed by atoms with van der Waals surface area (Å²) < 4.78 is 24.4. The van der Waals surface area contributed by atoms with Crippen LogP contribution in [0.1, 0.15) is 28.1 Å². The summed E-state index contributed by atoms with van der Waals surface area (Å²) in [5, 5.41) is 0. The average molecular weight is 494 g/mol. The van der Waals surface area contributed by atoms with Crippen molar-refractivity contribution in [2.24, 2.45) is 0 Å². The van der Waals surface area contributed by atoms with Crippen LogP contribution in [0.15, 0.2) is 77.4 Å². The van der Waals surface area contributed by atoms with Gasteiger partial charge in [0, 0.05) is 38.3 Å². The fourth-order valence-electron chi connectivity index (χ4n) is 4.23. The lowest BCUT2D eigenvalue weighted by molar-refractivity contribution is -0.133. The number of furan rings is 1. The van der Waals surface area contributed by atoms with E-state index >= 15 is 0 Å². The van der Waals surface area contributed by atoms with E-state index in [-0.39, 0.29) is 18.4 Å². The highest BCUT2D eigenvalue weighted by molar-refractivity contribution is 5.96. The van der Waals surface area contributed by atoms with Crippen molar-refractivity contribution in [3.63, 3.8) is 0 Å². The molecule has 0 unspecified atom stereocenters. The van der Waals surface area contributed by atoms with Gasteiger partial charge in [0.1, 0.15) is 18.1 Å². The van der Waals surface area contributed by atoms with Gasteiger partial charge in [-0.05, 0) is 48.4 Å². The second-order valence-electron chi connectivity index (χ2n) is 8.86. The van der Waals surface area contributed by atoms with Crippen molar-refractivity contribution in [2.45, 2.75) is 19.5 Å². The molecule has 2 aromatic carbocycles. The zero-order valence-electron chi connectivity index (χ0n) is 20.4. The molecule has 1 fully saturated rings. The molecule has 0 atom stereocenters. The Labute approximate surface area is 211 Å². The highest BCUT2D eigenvalue weighted by Gasteiger charge is 2.24. The first-order chi connectivity index (χ1) is 17.6. The Morgan fingerprint density at radius 3 is 2.33 bits per heavy atom. The fourth-order valence-corrected chi connectivity index (χ4v) is 4.23. The Balaban J connectivity index is 1.47. The predicted molar refractivity (Wildman–Crippen MR) is 134 cm³/mol. The molecule has 1 aliphatic rings. The van der Waals surface area contributed by atoms with E-state index in [4.69, 9.17) is 9.15 Å². The van der Waals surface area contributed by atoms with Crippen molar-refractivity contribution in [3.8, 4) is 0 Å². The van der Waals surface area contributed by atoms with Crippen LogP contribution < -0.4 is 0 Å². The van der Waals surface area contributed by atoms with Crippen molar-refractivity contribution < 1.29 is 23.1 Å². The summed E-state index contributed by atoms with van der Waals surface area (Å²) in [6.07, 6.45) is 2.30. The molecule has 1 aliphatic heterocycles. The molecule has 0 radical (unpaired) electrons. The first-order valence-electron chi connectivity index (χ1n) is 12.3. The van der Waals surface area contributed by atoms with E-state index in [1.807, 2.05) is 36.4 Å². The maximum Gasteiger partial charge on any atom is 0.254 e. The predicted octanol–water partition coefficient (Wildman–Crippen LogP) is 3.81. The lowest BCUT2D eigenvalue weighted by atomic mass is 10.1. The van der Waals surface area contributed by atoms with Crippen LogP contribution in [0.4, 0.5) is 4.39 Å². The summed E-state index contributed by atoms with van der Waals surface area (Å²) in [5.74, 6) is -0.211. The van der Waals surface area contributed by atoms with E-state index in [1.54, 1.807) is 22.1 Å². The van der Waals surface area contributed by atoms with Gasteiger partial charge in [0.05, 0.1) is 26.0 Å². The summed E-state index contributed by atoms with van der Waals surface area (Å²) >= 11 is 0. The smallest absolute Gasteiger partial charge is 0.254 e. The topological polar surface area (TPSA) is 66.2 Å². The third-order valence-corrected chi connectivity index (χ3v) is 6.21. The summed E-state index contributed by atoms with van der Waals surface area (Å²) in [6.45, 7) is 4.98. The molecule has 190 valence electrons. The number of halogens is 1. The first-order valence-corrected chi connectivity index (χ1v) is 12.3. The molecule has 1 saturated heterocycles. The number of hydrogen-bond acceptors (Lipinski definition) is 5. The summed E-state index contributed by atoms with van der Waals surface area (Å²) in [6, 6.07) is 18.8. The van der Waals surface area contributed by atoms with E-state index in [2.05, 4.69) is 4.90 Å². The molecule has 0 saturated carbocycles. The van der Waals surface area contributed by atoms with Crippen LogP contribution in [0.2, 0.25) is 0 Å². The van der Waals surface area contributed by atoms with E-state index in [1.165, 1.54) is 24.3 Å². The molecular weight excluding hydrogens is 461 g/mol.